The predicted molar refractivity (Wildman–Crippen MR) is 85.2 cm³/mol. The second-order valence-electron chi connectivity index (χ2n) is 5.53. The summed E-state index contributed by atoms with van der Waals surface area (Å²) in [5.41, 5.74) is 0. The molecule has 7 heteroatoms. The van der Waals surface area contributed by atoms with Gasteiger partial charge in [-0.1, -0.05) is 13.8 Å². The fourth-order valence-electron chi connectivity index (χ4n) is 2.36. The van der Waals surface area contributed by atoms with Gasteiger partial charge < -0.3 is 9.80 Å². The van der Waals surface area contributed by atoms with Crippen molar-refractivity contribution in [3.63, 3.8) is 0 Å². The maximum atomic E-state index is 4.67. The molecule has 0 unspecified atom stereocenters. The van der Waals surface area contributed by atoms with Crippen molar-refractivity contribution in [2.75, 3.05) is 36.0 Å². The Morgan fingerprint density at radius 1 is 1.10 bits per heavy atom. The molecule has 0 atom stereocenters. The Kier molecular flexibility index (Phi) is 4.01. The van der Waals surface area contributed by atoms with Crippen molar-refractivity contribution in [3.8, 4) is 0 Å². The van der Waals surface area contributed by atoms with Gasteiger partial charge in [0.05, 0.1) is 0 Å². The molecule has 0 saturated carbocycles. The SMILES string of the molecule is Cc1nsc(N2CCN(c3ccnc(C(C)C)n3)CC2)n1. The van der Waals surface area contributed by atoms with E-state index < -0.39 is 0 Å². The van der Waals surface area contributed by atoms with Crippen molar-refractivity contribution in [2.24, 2.45) is 0 Å². The van der Waals surface area contributed by atoms with E-state index in [1.165, 1.54) is 11.5 Å². The second-order valence-corrected chi connectivity index (χ2v) is 6.26. The first-order valence-electron chi connectivity index (χ1n) is 7.26. The molecule has 0 aromatic carbocycles. The van der Waals surface area contributed by atoms with E-state index in [4.69, 9.17) is 0 Å². The molecule has 3 heterocycles. The van der Waals surface area contributed by atoms with Gasteiger partial charge in [0, 0.05) is 49.8 Å². The molecule has 1 fully saturated rings. The summed E-state index contributed by atoms with van der Waals surface area (Å²) in [6.07, 6.45) is 1.86. The molecule has 2 aromatic heterocycles. The zero-order chi connectivity index (χ0) is 14.8. The van der Waals surface area contributed by atoms with Crippen LogP contribution in [0.4, 0.5) is 10.9 Å². The standard InChI is InChI=1S/C14H20N6S/c1-10(2)13-15-5-4-12(17-13)19-6-8-20(9-7-19)14-16-11(3)18-21-14/h4-5,10H,6-9H2,1-3H3. The molecule has 1 aliphatic rings. The van der Waals surface area contributed by atoms with Gasteiger partial charge in [-0.3, -0.25) is 0 Å². The highest BCUT2D eigenvalue weighted by Crippen LogP contribution is 2.21. The van der Waals surface area contributed by atoms with Gasteiger partial charge in [-0.25, -0.2) is 15.0 Å². The first-order valence-corrected chi connectivity index (χ1v) is 8.04. The zero-order valence-corrected chi connectivity index (χ0v) is 13.5. The molecule has 0 N–H and O–H groups in total. The van der Waals surface area contributed by atoms with Crippen LogP contribution >= 0.6 is 11.5 Å². The Bertz CT molecular complexity index is 603. The summed E-state index contributed by atoms with van der Waals surface area (Å²) in [6.45, 7) is 9.99. The summed E-state index contributed by atoms with van der Waals surface area (Å²) in [4.78, 5) is 18.1. The average molecular weight is 304 g/mol. The number of piperazine rings is 1. The van der Waals surface area contributed by atoms with E-state index >= 15 is 0 Å². The highest BCUT2D eigenvalue weighted by atomic mass is 32.1. The molecule has 2 aromatic rings. The zero-order valence-electron chi connectivity index (χ0n) is 12.7. The predicted octanol–water partition coefficient (Wildman–Crippen LogP) is 2.09. The van der Waals surface area contributed by atoms with Crippen molar-refractivity contribution < 1.29 is 0 Å². The van der Waals surface area contributed by atoms with Gasteiger partial charge >= 0.3 is 0 Å². The smallest absolute Gasteiger partial charge is 0.205 e. The summed E-state index contributed by atoms with van der Waals surface area (Å²) in [7, 11) is 0. The van der Waals surface area contributed by atoms with Crippen LogP contribution in [0, 0.1) is 6.92 Å². The van der Waals surface area contributed by atoms with Crippen LogP contribution < -0.4 is 9.80 Å². The molecule has 0 spiro atoms. The van der Waals surface area contributed by atoms with E-state index in [-0.39, 0.29) is 0 Å². The number of rotatable bonds is 3. The van der Waals surface area contributed by atoms with Crippen molar-refractivity contribution in [2.45, 2.75) is 26.7 Å². The fourth-order valence-corrected chi connectivity index (χ4v) is 3.09. The van der Waals surface area contributed by atoms with Gasteiger partial charge in [0.15, 0.2) is 0 Å². The number of hydrogen-bond donors (Lipinski definition) is 0. The molecule has 21 heavy (non-hydrogen) atoms. The lowest BCUT2D eigenvalue weighted by Crippen LogP contribution is -2.46. The molecule has 0 aliphatic carbocycles. The molecule has 112 valence electrons. The fraction of sp³-hybridized carbons (Fsp3) is 0.571. The number of aryl methyl sites for hydroxylation is 1. The van der Waals surface area contributed by atoms with Crippen LogP contribution in [0.2, 0.25) is 0 Å². The highest BCUT2D eigenvalue weighted by Gasteiger charge is 2.21. The third-order valence-corrected chi connectivity index (χ3v) is 4.44. The first kappa shape index (κ1) is 14.2. The Hall–Kier alpha value is -1.76. The van der Waals surface area contributed by atoms with Crippen LogP contribution in [0.3, 0.4) is 0 Å². The molecule has 1 saturated heterocycles. The summed E-state index contributed by atoms with van der Waals surface area (Å²) < 4.78 is 4.25. The first-order chi connectivity index (χ1) is 10.1. The van der Waals surface area contributed by atoms with E-state index in [9.17, 15) is 0 Å². The van der Waals surface area contributed by atoms with Crippen molar-refractivity contribution in [3.05, 3.63) is 23.9 Å². The average Bonchev–Trinajstić information content (AvgIpc) is 2.94. The van der Waals surface area contributed by atoms with E-state index in [1.807, 2.05) is 19.2 Å². The number of anilines is 2. The molecule has 3 rings (SSSR count). The lowest BCUT2D eigenvalue weighted by atomic mass is 10.2. The van der Waals surface area contributed by atoms with Crippen LogP contribution in [0.25, 0.3) is 0 Å². The summed E-state index contributed by atoms with van der Waals surface area (Å²) >= 11 is 1.48. The Balaban J connectivity index is 1.67. The Labute approximate surface area is 129 Å². The van der Waals surface area contributed by atoms with Crippen molar-refractivity contribution >= 4 is 22.5 Å². The minimum atomic E-state index is 0.357. The largest absolute Gasteiger partial charge is 0.353 e. The number of aromatic nitrogens is 4. The monoisotopic (exact) mass is 304 g/mol. The van der Waals surface area contributed by atoms with Crippen LogP contribution in [0.5, 0.6) is 0 Å². The van der Waals surface area contributed by atoms with E-state index in [0.29, 0.717) is 5.92 Å². The van der Waals surface area contributed by atoms with E-state index in [1.54, 1.807) is 0 Å². The summed E-state index contributed by atoms with van der Waals surface area (Å²) in [5, 5.41) is 1.03. The third-order valence-electron chi connectivity index (χ3n) is 3.57. The molecule has 1 aliphatic heterocycles. The van der Waals surface area contributed by atoms with Crippen LogP contribution in [-0.2, 0) is 0 Å². The van der Waals surface area contributed by atoms with Gasteiger partial charge in [-0.15, -0.1) is 0 Å². The molecule has 0 amide bonds. The summed E-state index contributed by atoms with van der Waals surface area (Å²) in [6, 6.07) is 2.00. The molecule has 0 bridgehead atoms. The van der Waals surface area contributed by atoms with E-state index in [2.05, 4.69) is 43.0 Å². The van der Waals surface area contributed by atoms with Crippen LogP contribution in [0.15, 0.2) is 12.3 Å². The molecule has 0 radical (unpaired) electrons. The lowest BCUT2D eigenvalue weighted by molar-refractivity contribution is 0.640. The minimum Gasteiger partial charge on any atom is -0.353 e. The lowest BCUT2D eigenvalue weighted by Gasteiger charge is -2.35. The summed E-state index contributed by atoms with van der Waals surface area (Å²) in [5.74, 6) is 3.15. The van der Waals surface area contributed by atoms with Crippen molar-refractivity contribution in [1.82, 2.24) is 19.3 Å². The van der Waals surface area contributed by atoms with Gasteiger partial charge in [0.1, 0.15) is 17.5 Å². The highest BCUT2D eigenvalue weighted by molar-refractivity contribution is 7.09. The molecular formula is C14H20N6S. The van der Waals surface area contributed by atoms with Crippen molar-refractivity contribution in [1.29, 1.82) is 0 Å². The Morgan fingerprint density at radius 3 is 2.43 bits per heavy atom. The maximum Gasteiger partial charge on any atom is 0.205 e. The van der Waals surface area contributed by atoms with Gasteiger partial charge in [0.2, 0.25) is 5.13 Å². The second kappa shape index (κ2) is 5.93. The minimum absolute atomic E-state index is 0.357. The Morgan fingerprint density at radius 2 is 1.81 bits per heavy atom. The van der Waals surface area contributed by atoms with E-state index in [0.717, 1.165) is 48.8 Å². The third kappa shape index (κ3) is 3.12. The number of hydrogen-bond acceptors (Lipinski definition) is 7. The number of nitrogens with zero attached hydrogens (tertiary/aromatic N) is 6. The van der Waals surface area contributed by atoms with Gasteiger partial charge in [-0.05, 0) is 13.0 Å². The topological polar surface area (TPSA) is 58.0 Å². The maximum absolute atomic E-state index is 4.67. The normalized spacial score (nSPS) is 15.8. The molecular weight excluding hydrogens is 284 g/mol. The molecule has 6 nitrogen and oxygen atoms in total. The van der Waals surface area contributed by atoms with Crippen LogP contribution in [-0.4, -0.2) is 45.5 Å². The van der Waals surface area contributed by atoms with Gasteiger partial charge in [0.25, 0.3) is 0 Å². The quantitative estimate of drug-likeness (QED) is 0.865. The van der Waals surface area contributed by atoms with Crippen LogP contribution in [0.1, 0.15) is 31.4 Å². The van der Waals surface area contributed by atoms with Gasteiger partial charge in [-0.2, -0.15) is 4.37 Å².